The zero-order chi connectivity index (χ0) is 12.7. The smallest absolute Gasteiger partial charge is 0.104 e. The fraction of sp³-hybridized carbons (Fsp3) is 0.692. The van der Waals surface area contributed by atoms with Gasteiger partial charge in [-0.05, 0) is 24.8 Å². The largest absolute Gasteiger partial charge is 0.394 e. The van der Waals surface area contributed by atoms with Gasteiger partial charge in [-0.3, -0.25) is 0 Å². The van der Waals surface area contributed by atoms with Gasteiger partial charge in [0.1, 0.15) is 6.10 Å². The van der Waals surface area contributed by atoms with Gasteiger partial charge < -0.3 is 20.1 Å². The maximum Gasteiger partial charge on any atom is 0.104 e. The number of hydrogen-bond acceptors (Lipinski definition) is 4. The first-order chi connectivity index (χ1) is 8.22. The van der Waals surface area contributed by atoms with Crippen LogP contribution in [0.1, 0.15) is 26.2 Å². The minimum absolute atomic E-state index is 0.0167. The molecule has 4 nitrogen and oxygen atoms in total. The second-order valence-electron chi connectivity index (χ2n) is 4.24. The molecule has 0 radical (unpaired) electrons. The quantitative estimate of drug-likeness (QED) is 0.602. The molecular formula is C13H22O4. The van der Waals surface area contributed by atoms with E-state index in [4.69, 9.17) is 9.84 Å². The molecule has 0 amide bonds. The van der Waals surface area contributed by atoms with Gasteiger partial charge in [0.05, 0.1) is 25.4 Å². The molecule has 0 aliphatic carbocycles. The summed E-state index contributed by atoms with van der Waals surface area (Å²) >= 11 is 0. The van der Waals surface area contributed by atoms with Crippen molar-refractivity contribution >= 4 is 0 Å². The highest BCUT2D eigenvalue weighted by Crippen LogP contribution is 2.24. The molecule has 0 aromatic carbocycles. The van der Waals surface area contributed by atoms with Crippen molar-refractivity contribution in [3.05, 3.63) is 23.8 Å². The van der Waals surface area contributed by atoms with Gasteiger partial charge in [0.2, 0.25) is 0 Å². The van der Waals surface area contributed by atoms with Crippen molar-refractivity contribution in [3.63, 3.8) is 0 Å². The van der Waals surface area contributed by atoms with Crippen LogP contribution in [0.15, 0.2) is 23.8 Å². The summed E-state index contributed by atoms with van der Waals surface area (Å²) in [7, 11) is 0. The van der Waals surface area contributed by atoms with Gasteiger partial charge in [-0.25, -0.2) is 0 Å². The number of aliphatic hydroxyl groups is 3. The summed E-state index contributed by atoms with van der Waals surface area (Å²) in [6.45, 7) is 1.82. The van der Waals surface area contributed by atoms with Crippen molar-refractivity contribution in [2.75, 3.05) is 13.2 Å². The van der Waals surface area contributed by atoms with E-state index in [0.29, 0.717) is 12.0 Å². The Balaban J connectivity index is 2.57. The molecule has 0 spiro atoms. The highest BCUT2D eigenvalue weighted by atomic mass is 16.5. The molecule has 0 aromatic heterocycles. The number of hydrogen-bond donors (Lipinski definition) is 3. The molecule has 0 unspecified atom stereocenters. The first kappa shape index (κ1) is 14.4. The van der Waals surface area contributed by atoms with Crippen LogP contribution in [-0.4, -0.2) is 46.8 Å². The predicted molar refractivity (Wildman–Crippen MR) is 65.6 cm³/mol. The van der Waals surface area contributed by atoms with E-state index in [1.807, 2.05) is 19.1 Å². The molecule has 1 saturated heterocycles. The van der Waals surface area contributed by atoms with Gasteiger partial charge in [-0.1, -0.05) is 25.2 Å². The lowest BCUT2D eigenvalue weighted by molar-refractivity contribution is -0.0391. The lowest BCUT2D eigenvalue weighted by Crippen LogP contribution is -2.30. The first-order valence-electron chi connectivity index (χ1n) is 6.13. The predicted octanol–water partition coefficient (Wildman–Crippen LogP) is 0.772. The molecular weight excluding hydrogens is 220 g/mol. The zero-order valence-corrected chi connectivity index (χ0v) is 10.2. The summed E-state index contributed by atoms with van der Waals surface area (Å²) in [6, 6.07) is 0. The Morgan fingerprint density at radius 2 is 2.18 bits per heavy atom. The molecule has 4 heteroatoms. The summed E-state index contributed by atoms with van der Waals surface area (Å²) in [5.41, 5.74) is 0.554. The molecule has 0 saturated carbocycles. The molecule has 98 valence electrons. The Morgan fingerprint density at radius 1 is 1.41 bits per heavy atom. The van der Waals surface area contributed by atoms with E-state index >= 15 is 0 Å². The third-order valence-corrected chi connectivity index (χ3v) is 2.94. The van der Waals surface area contributed by atoms with Crippen LogP contribution in [0.3, 0.4) is 0 Å². The monoisotopic (exact) mass is 242 g/mol. The SMILES string of the molecule is CCC=CC=C(CO)[C@@H](O)[C@@H]1CC[C@H](CO)O1. The van der Waals surface area contributed by atoms with Crippen LogP contribution in [0.25, 0.3) is 0 Å². The third kappa shape index (κ3) is 4.24. The molecule has 1 rings (SSSR count). The molecule has 1 fully saturated rings. The minimum atomic E-state index is -0.793. The lowest BCUT2D eigenvalue weighted by Gasteiger charge is -2.20. The van der Waals surface area contributed by atoms with Crippen LogP contribution in [0.5, 0.6) is 0 Å². The fourth-order valence-corrected chi connectivity index (χ4v) is 1.91. The molecule has 3 atom stereocenters. The summed E-state index contributed by atoms with van der Waals surface area (Å²) in [6.07, 6.45) is 6.59. The molecule has 3 N–H and O–H groups in total. The van der Waals surface area contributed by atoms with Gasteiger partial charge in [0.15, 0.2) is 0 Å². The van der Waals surface area contributed by atoms with Crippen LogP contribution in [0, 0.1) is 0 Å². The molecule has 0 bridgehead atoms. The standard InChI is InChI=1S/C13H22O4/c1-2-3-4-5-10(8-14)13(16)12-7-6-11(9-15)17-12/h3-5,11-16H,2,6-9H2,1H3/t11-,12+,13-/m1/s1. The summed E-state index contributed by atoms with van der Waals surface area (Å²) < 4.78 is 5.49. The topological polar surface area (TPSA) is 69.9 Å². The number of aliphatic hydroxyl groups excluding tert-OH is 3. The van der Waals surface area contributed by atoms with E-state index in [-0.39, 0.29) is 25.4 Å². The summed E-state index contributed by atoms with van der Waals surface area (Å²) in [4.78, 5) is 0. The van der Waals surface area contributed by atoms with Crippen molar-refractivity contribution < 1.29 is 20.1 Å². The molecule has 1 heterocycles. The second-order valence-corrected chi connectivity index (χ2v) is 4.24. The Labute approximate surface area is 102 Å². The van der Waals surface area contributed by atoms with Gasteiger partial charge in [-0.15, -0.1) is 0 Å². The Morgan fingerprint density at radius 3 is 2.71 bits per heavy atom. The van der Waals surface area contributed by atoms with Gasteiger partial charge >= 0.3 is 0 Å². The van der Waals surface area contributed by atoms with Gasteiger partial charge in [0, 0.05) is 0 Å². The number of allylic oxidation sites excluding steroid dienone is 3. The summed E-state index contributed by atoms with van der Waals surface area (Å²) in [5, 5.41) is 28.2. The Bertz CT molecular complexity index is 273. The Hall–Kier alpha value is -0.680. The van der Waals surface area contributed by atoms with E-state index in [2.05, 4.69) is 0 Å². The minimum Gasteiger partial charge on any atom is -0.394 e. The van der Waals surface area contributed by atoms with E-state index in [1.165, 1.54) is 0 Å². The molecule has 1 aliphatic heterocycles. The normalized spacial score (nSPS) is 27.9. The van der Waals surface area contributed by atoms with E-state index in [1.54, 1.807) is 6.08 Å². The molecule has 1 aliphatic rings. The van der Waals surface area contributed by atoms with Gasteiger partial charge in [-0.2, -0.15) is 0 Å². The lowest BCUT2D eigenvalue weighted by atomic mass is 10.0. The summed E-state index contributed by atoms with van der Waals surface area (Å²) in [5.74, 6) is 0. The Kier molecular flexibility index (Phi) is 6.44. The molecule has 0 aromatic rings. The zero-order valence-electron chi connectivity index (χ0n) is 10.2. The van der Waals surface area contributed by atoms with Crippen molar-refractivity contribution in [2.24, 2.45) is 0 Å². The molecule has 17 heavy (non-hydrogen) atoms. The highest BCUT2D eigenvalue weighted by molar-refractivity contribution is 5.18. The maximum absolute atomic E-state index is 10.1. The van der Waals surface area contributed by atoms with E-state index in [9.17, 15) is 10.2 Å². The number of ether oxygens (including phenoxy) is 1. The highest BCUT2D eigenvalue weighted by Gasteiger charge is 2.31. The van der Waals surface area contributed by atoms with Crippen molar-refractivity contribution in [2.45, 2.75) is 44.5 Å². The van der Waals surface area contributed by atoms with E-state index < -0.39 is 6.10 Å². The van der Waals surface area contributed by atoms with Crippen LogP contribution >= 0.6 is 0 Å². The van der Waals surface area contributed by atoms with Crippen LogP contribution in [0.2, 0.25) is 0 Å². The van der Waals surface area contributed by atoms with Crippen LogP contribution in [0.4, 0.5) is 0 Å². The number of rotatable bonds is 6. The second kappa shape index (κ2) is 7.61. The van der Waals surface area contributed by atoms with Crippen molar-refractivity contribution in [1.82, 2.24) is 0 Å². The van der Waals surface area contributed by atoms with Crippen LogP contribution in [-0.2, 0) is 4.74 Å². The van der Waals surface area contributed by atoms with E-state index in [0.717, 1.165) is 12.8 Å². The van der Waals surface area contributed by atoms with Crippen LogP contribution < -0.4 is 0 Å². The van der Waals surface area contributed by atoms with Crippen molar-refractivity contribution in [1.29, 1.82) is 0 Å². The van der Waals surface area contributed by atoms with Gasteiger partial charge in [0.25, 0.3) is 0 Å². The van der Waals surface area contributed by atoms with Crippen molar-refractivity contribution in [3.8, 4) is 0 Å². The average molecular weight is 242 g/mol. The first-order valence-corrected chi connectivity index (χ1v) is 6.13. The maximum atomic E-state index is 10.1. The average Bonchev–Trinajstić information content (AvgIpc) is 2.82. The third-order valence-electron chi connectivity index (χ3n) is 2.94. The fourth-order valence-electron chi connectivity index (χ4n) is 1.91.